The van der Waals surface area contributed by atoms with Crippen LogP contribution in [0.15, 0.2) is 95.5 Å². The van der Waals surface area contributed by atoms with Crippen LogP contribution < -0.4 is 16.2 Å². The van der Waals surface area contributed by atoms with Gasteiger partial charge < -0.3 is 9.84 Å². The molecule has 2 atom stereocenters. The highest BCUT2D eigenvalue weighted by Gasteiger charge is 2.27. The first-order chi connectivity index (χ1) is 15.4. The van der Waals surface area contributed by atoms with E-state index in [1.54, 1.807) is 0 Å². The SMILES string of the molecule is c1ccc(-c2ccc(C3NNCC3CNCc3cc(-c4ccccc4)on3)cc2)cc1. The quantitative estimate of drug-likeness (QED) is 0.417. The minimum atomic E-state index is 0.273. The summed E-state index contributed by atoms with van der Waals surface area (Å²) >= 11 is 0. The van der Waals surface area contributed by atoms with Crippen LogP contribution >= 0.6 is 0 Å². The molecule has 3 N–H and O–H groups in total. The summed E-state index contributed by atoms with van der Waals surface area (Å²) in [6, 6.07) is 31.7. The van der Waals surface area contributed by atoms with Gasteiger partial charge in [0.15, 0.2) is 5.76 Å². The van der Waals surface area contributed by atoms with Crippen molar-refractivity contribution < 1.29 is 4.52 Å². The lowest BCUT2D eigenvalue weighted by molar-refractivity contribution is 0.409. The highest BCUT2D eigenvalue weighted by molar-refractivity contribution is 5.63. The van der Waals surface area contributed by atoms with Crippen LogP contribution in [0.1, 0.15) is 17.3 Å². The maximum absolute atomic E-state index is 5.50. The minimum absolute atomic E-state index is 0.273. The number of hydrogen-bond donors (Lipinski definition) is 3. The van der Waals surface area contributed by atoms with Gasteiger partial charge in [0.05, 0.1) is 11.7 Å². The first-order valence-electron chi connectivity index (χ1n) is 10.7. The third kappa shape index (κ3) is 4.59. The molecule has 31 heavy (non-hydrogen) atoms. The maximum Gasteiger partial charge on any atom is 0.167 e. The number of rotatable bonds is 7. The monoisotopic (exact) mass is 410 g/mol. The van der Waals surface area contributed by atoms with E-state index in [1.807, 2.05) is 42.5 Å². The zero-order valence-corrected chi connectivity index (χ0v) is 17.3. The summed E-state index contributed by atoms with van der Waals surface area (Å²) in [5, 5.41) is 7.75. The summed E-state index contributed by atoms with van der Waals surface area (Å²) in [6.07, 6.45) is 0. The van der Waals surface area contributed by atoms with Crippen LogP contribution in [0.3, 0.4) is 0 Å². The highest BCUT2D eigenvalue weighted by atomic mass is 16.5. The maximum atomic E-state index is 5.50. The van der Waals surface area contributed by atoms with Crippen molar-refractivity contribution in [2.75, 3.05) is 13.1 Å². The third-order valence-electron chi connectivity index (χ3n) is 5.80. The molecule has 1 saturated heterocycles. The summed E-state index contributed by atoms with van der Waals surface area (Å²) < 4.78 is 5.50. The molecule has 1 aromatic heterocycles. The Morgan fingerprint density at radius 2 is 1.52 bits per heavy atom. The Kier molecular flexibility index (Phi) is 5.89. The molecule has 0 aliphatic carbocycles. The topological polar surface area (TPSA) is 62.1 Å². The molecule has 3 aromatic carbocycles. The van der Waals surface area contributed by atoms with Crippen LogP contribution in [0.4, 0.5) is 0 Å². The zero-order valence-electron chi connectivity index (χ0n) is 17.3. The number of benzene rings is 3. The minimum Gasteiger partial charge on any atom is -0.356 e. The number of nitrogens with one attached hydrogen (secondary N) is 3. The first kappa shape index (κ1) is 19.7. The lowest BCUT2D eigenvalue weighted by Crippen LogP contribution is -2.28. The third-order valence-corrected chi connectivity index (χ3v) is 5.80. The van der Waals surface area contributed by atoms with Crippen LogP contribution in [0.5, 0.6) is 0 Å². The van der Waals surface area contributed by atoms with Gasteiger partial charge in [0.25, 0.3) is 0 Å². The zero-order chi connectivity index (χ0) is 20.9. The average Bonchev–Trinajstić information content (AvgIpc) is 3.50. The summed E-state index contributed by atoms with van der Waals surface area (Å²) in [5.74, 6) is 1.25. The molecule has 2 heterocycles. The molecule has 156 valence electrons. The smallest absolute Gasteiger partial charge is 0.167 e. The first-order valence-corrected chi connectivity index (χ1v) is 10.7. The molecule has 2 unspecified atom stereocenters. The molecule has 5 nitrogen and oxygen atoms in total. The van der Waals surface area contributed by atoms with Gasteiger partial charge >= 0.3 is 0 Å². The van der Waals surface area contributed by atoms with Gasteiger partial charge in [-0.15, -0.1) is 0 Å². The lowest BCUT2D eigenvalue weighted by Gasteiger charge is -2.19. The molecular formula is C26H26N4O. The molecule has 1 aliphatic heterocycles. The fourth-order valence-corrected chi connectivity index (χ4v) is 4.11. The standard InChI is InChI=1S/C26H26N4O/c1-3-7-19(8-4-1)20-11-13-22(14-12-20)26-23(17-28-29-26)16-27-18-24-15-25(31-30-24)21-9-5-2-6-10-21/h1-15,23,26-29H,16-18H2. The van der Waals surface area contributed by atoms with Crippen LogP contribution in [-0.4, -0.2) is 18.2 Å². The van der Waals surface area contributed by atoms with Gasteiger partial charge in [-0.05, 0) is 16.7 Å². The van der Waals surface area contributed by atoms with Gasteiger partial charge in [-0.25, -0.2) is 5.43 Å². The second-order valence-electron chi connectivity index (χ2n) is 7.93. The Morgan fingerprint density at radius 3 is 2.26 bits per heavy atom. The van der Waals surface area contributed by atoms with E-state index in [0.29, 0.717) is 12.5 Å². The summed E-state index contributed by atoms with van der Waals surface area (Å²) in [5.41, 5.74) is 12.5. The van der Waals surface area contributed by atoms with Crippen LogP contribution in [0.25, 0.3) is 22.5 Å². The number of aromatic nitrogens is 1. The summed E-state index contributed by atoms with van der Waals surface area (Å²) in [7, 11) is 0. The molecule has 0 amide bonds. The predicted molar refractivity (Wildman–Crippen MR) is 123 cm³/mol. The van der Waals surface area contributed by atoms with E-state index in [0.717, 1.165) is 30.1 Å². The van der Waals surface area contributed by atoms with E-state index < -0.39 is 0 Å². The van der Waals surface area contributed by atoms with E-state index in [2.05, 4.69) is 69.9 Å². The van der Waals surface area contributed by atoms with E-state index >= 15 is 0 Å². The predicted octanol–water partition coefficient (Wildman–Crippen LogP) is 4.56. The molecule has 0 bridgehead atoms. The van der Waals surface area contributed by atoms with Crippen molar-refractivity contribution in [2.45, 2.75) is 12.6 Å². The van der Waals surface area contributed by atoms with Crippen LogP contribution in [0.2, 0.25) is 0 Å². The van der Waals surface area contributed by atoms with Gasteiger partial charge in [0, 0.05) is 37.2 Å². The van der Waals surface area contributed by atoms with Crippen LogP contribution in [0, 0.1) is 5.92 Å². The Labute approximate surface area is 182 Å². The van der Waals surface area contributed by atoms with Crippen molar-refractivity contribution >= 4 is 0 Å². The summed E-state index contributed by atoms with van der Waals surface area (Å²) in [4.78, 5) is 0. The molecule has 4 aromatic rings. The number of hydrazine groups is 1. The fourth-order valence-electron chi connectivity index (χ4n) is 4.11. The average molecular weight is 411 g/mol. The fraction of sp³-hybridized carbons (Fsp3) is 0.192. The molecule has 5 rings (SSSR count). The molecule has 1 fully saturated rings. The second-order valence-corrected chi connectivity index (χ2v) is 7.93. The van der Waals surface area contributed by atoms with Crippen molar-refractivity contribution in [3.05, 3.63) is 102 Å². The Hall–Kier alpha value is -3.25. The normalized spacial score (nSPS) is 18.3. The van der Waals surface area contributed by atoms with Gasteiger partial charge in [-0.2, -0.15) is 0 Å². The van der Waals surface area contributed by atoms with Crippen LogP contribution in [-0.2, 0) is 6.54 Å². The van der Waals surface area contributed by atoms with Crippen molar-refractivity contribution in [3.8, 4) is 22.5 Å². The van der Waals surface area contributed by atoms with Gasteiger partial charge in [0.1, 0.15) is 0 Å². The number of hydrogen-bond acceptors (Lipinski definition) is 5. The lowest BCUT2D eigenvalue weighted by atomic mass is 9.93. The molecule has 5 heteroatoms. The van der Waals surface area contributed by atoms with E-state index in [4.69, 9.17) is 4.52 Å². The Morgan fingerprint density at radius 1 is 0.839 bits per heavy atom. The largest absolute Gasteiger partial charge is 0.356 e. The Balaban J connectivity index is 1.18. The molecule has 0 radical (unpaired) electrons. The van der Waals surface area contributed by atoms with Crippen molar-refractivity contribution in [3.63, 3.8) is 0 Å². The van der Waals surface area contributed by atoms with Gasteiger partial charge in [0.2, 0.25) is 0 Å². The summed E-state index contributed by atoms with van der Waals surface area (Å²) in [6.45, 7) is 2.50. The van der Waals surface area contributed by atoms with E-state index in [-0.39, 0.29) is 6.04 Å². The van der Waals surface area contributed by atoms with Crippen molar-refractivity contribution in [1.29, 1.82) is 0 Å². The van der Waals surface area contributed by atoms with Gasteiger partial charge in [-0.1, -0.05) is 90.1 Å². The number of nitrogens with zero attached hydrogens (tertiary/aromatic N) is 1. The highest BCUT2D eigenvalue weighted by Crippen LogP contribution is 2.27. The molecule has 0 saturated carbocycles. The van der Waals surface area contributed by atoms with Crippen molar-refractivity contribution in [1.82, 2.24) is 21.3 Å². The molecule has 1 aliphatic rings. The van der Waals surface area contributed by atoms with E-state index in [9.17, 15) is 0 Å². The van der Waals surface area contributed by atoms with E-state index in [1.165, 1.54) is 16.7 Å². The second kappa shape index (κ2) is 9.27. The van der Waals surface area contributed by atoms with Gasteiger partial charge in [-0.3, -0.25) is 5.43 Å². The Bertz CT molecular complexity index is 1090. The van der Waals surface area contributed by atoms with Crippen molar-refractivity contribution in [2.24, 2.45) is 5.92 Å². The molecular weight excluding hydrogens is 384 g/mol. The molecule has 0 spiro atoms.